The van der Waals surface area contributed by atoms with Crippen molar-refractivity contribution < 1.29 is 4.74 Å². The zero-order valence-electron chi connectivity index (χ0n) is 16.7. The molecule has 1 aromatic carbocycles. The highest BCUT2D eigenvalue weighted by atomic mass is 127. The summed E-state index contributed by atoms with van der Waals surface area (Å²) in [6.45, 7) is 10.3. The van der Waals surface area contributed by atoms with Gasteiger partial charge in [-0.3, -0.25) is 0 Å². The maximum absolute atomic E-state index is 5.42. The highest BCUT2D eigenvalue weighted by molar-refractivity contribution is 14.0. The molecule has 0 amide bonds. The van der Waals surface area contributed by atoms with Gasteiger partial charge in [-0.25, -0.2) is 4.99 Å². The number of rotatable bonds is 7. The Morgan fingerprint density at radius 2 is 1.93 bits per heavy atom. The predicted molar refractivity (Wildman–Crippen MR) is 130 cm³/mol. The molecule has 2 heterocycles. The standard InChI is InChI=1S/C21H30N4OS.HI/c1-3-22-21(23-14-17(2)19-8-13-27-16-19)24-15-18-4-6-20(7-5-18)25-9-11-26-12-10-25;/h4-8,13,16-17H,3,9-12,14-15H2,1-2H3,(H2,22,23,24);1H. The molecule has 1 unspecified atom stereocenters. The molecule has 28 heavy (non-hydrogen) atoms. The number of benzene rings is 1. The van der Waals surface area contributed by atoms with Crippen molar-refractivity contribution in [2.75, 3.05) is 44.3 Å². The molecule has 0 spiro atoms. The van der Waals surface area contributed by atoms with Crippen LogP contribution in [0.25, 0.3) is 0 Å². The lowest BCUT2D eigenvalue weighted by atomic mass is 10.1. The number of aliphatic imine (C=N–C) groups is 1. The van der Waals surface area contributed by atoms with Crippen molar-refractivity contribution in [3.05, 3.63) is 52.2 Å². The van der Waals surface area contributed by atoms with Crippen LogP contribution in [0.5, 0.6) is 0 Å². The molecule has 1 atom stereocenters. The molecule has 3 rings (SSSR count). The Balaban J connectivity index is 0.00000280. The van der Waals surface area contributed by atoms with Crippen LogP contribution < -0.4 is 15.5 Å². The lowest BCUT2D eigenvalue weighted by Gasteiger charge is -2.28. The van der Waals surface area contributed by atoms with Crippen LogP contribution in [0, 0.1) is 0 Å². The molecule has 0 saturated carbocycles. The number of hydrogen-bond acceptors (Lipinski definition) is 4. The molecule has 1 fully saturated rings. The van der Waals surface area contributed by atoms with Gasteiger partial charge in [0.25, 0.3) is 0 Å². The van der Waals surface area contributed by atoms with E-state index in [-0.39, 0.29) is 24.0 Å². The van der Waals surface area contributed by atoms with Gasteiger partial charge in [0.2, 0.25) is 0 Å². The Bertz CT molecular complexity index is 700. The quantitative estimate of drug-likeness (QED) is 0.333. The first-order valence-corrected chi connectivity index (χ1v) is 10.7. The predicted octanol–water partition coefficient (Wildman–Crippen LogP) is 4.06. The molecular weight excluding hydrogens is 483 g/mol. The van der Waals surface area contributed by atoms with Gasteiger partial charge in [-0.15, -0.1) is 24.0 Å². The molecule has 2 aromatic rings. The lowest BCUT2D eigenvalue weighted by molar-refractivity contribution is 0.122. The highest BCUT2D eigenvalue weighted by Gasteiger charge is 2.11. The first kappa shape index (κ1) is 23.0. The maximum Gasteiger partial charge on any atom is 0.191 e. The zero-order valence-corrected chi connectivity index (χ0v) is 19.8. The summed E-state index contributed by atoms with van der Waals surface area (Å²) in [5, 5.41) is 11.1. The Morgan fingerprint density at radius 3 is 2.57 bits per heavy atom. The third kappa shape index (κ3) is 6.93. The monoisotopic (exact) mass is 514 g/mol. The zero-order chi connectivity index (χ0) is 18.9. The molecule has 154 valence electrons. The number of nitrogens with zero attached hydrogens (tertiary/aromatic N) is 2. The van der Waals surface area contributed by atoms with Crippen molar-refractivity contribution in [2.45, 2.75) is 26.3 Å². The second-order valence-corrected chi connectivity index (χ2v) is 7.58. The van der Waals surface area contributed by atoms with E-state index in [1.54, 1.807) is 11.3 Å². The highest BCUT2D eigenvalue weighted by Crippen LogP contribution is 2.18. The van der Waals surface area contributed by atoms with E-state index in [1.807, 2.05) is 0 Å². The second kappa shape index (κ2) is 12.3. The van der Waals surface area contributed by atoms with E-state index in [1.165, 1.54) is 16.8 Å². The molecule has 2 N–H and O–H groups in total. The minimum absolute atomic E-state index is 0. The second-order valence-electron chi connectivity index (χ2n) is 6.80. The Hall–Kier alpha value is -1.32. The fourth-order valence-electron chi connectivity index (χ4n) is 3.07. The van der Waals surface area contributed by atoms with E-state index in [0.717, 1.165) is 45.4 Å². The van der Waals surface area contributed by atoms with E-state index < -0.39 is 0 Å². The minimum atomic E-state index is 0. The molecule has 0 radical (unpaired) electrons. The SMILES string of the molecule is CCNC(=NCc1ccc(N2CCOCC2)cc1)NCC(C)c1ccsc1.I. The van der Waals surface area contributed by atoms with Crippen molar-refractivity contribution in [3.8, 4) is 0 Å². The van der Waals surface area contributed by atoms with Crippen LogP contribution >= 0.6 is 35.3 Å². The fraction of sp³-hybridized carbons (Fsp3) is 0.476. The van der Waals surface area contributed by atoms with Gasteiger partial charge in [0, 0.05) is 31.9 Å². The first-order valence-electron chi connectivity index (χ1n) is 9.72. The van der Waals surface area contributed by atoms with Crippen molar-refractivity contribution in [3.63, 3.8) is 0 Å². The molecule has 5 nitrogen and oxygen atoms in total. The average molecular weight is 514 g/mol. The number of hydrogen-bond donors (Lipinski definition) is 2. The maximum atomic E-state index is 5.42. The first-order chi connectivity index (χ1) is 13.3. The van der Waals surface area contributed by atoms with Crippen molar-refractivity contribution in [1.29, 1.82) is 0 Å². The van der Waals surface area contributed by atoms with E-state index in [2.05, 4.69) is 70.5 Å². The number of guanidine groups is 1. The summed E-state index contributed by atoms with van der Waals surface area (Å²) in [4.78, 5) is 7.11. The summed E-state index contributed by atoms with van der Waals surface area (Å²) in [5.74, 6) is 1.34. The topological polar surface area (TPSA) is 48.9 Å². The molecule has 1 aliphatic heterocycles. The van der Waals surface area contributed by atoms with Crippen LogP contribution in [0.2, 0.25) is 0 Å². The molecule has 0 bridgehead atoms. The smallest absolute Gasteiger partial charge is 0.191 e. The van der Waals surface area contributed by atoms with Gasteiger partial charge in [-0.1, -0.05) is 19.1 Å². The number of anilines is 1. The summed E-state index contributed by atoms with van der Waals surface area (Å²) in [5.41, 5.74) is 3.86. The molecule has 1 saturated heterocycles. The lowest BCUT2D eigenvalue weighted by Crippen LogP contribution is -2.39. The minimum Gasteiger partial charge on any atom is -0.378 e. The van der Waals surface area contributed by atoms with E-state index in [9.17, 15) is 0 Å². The normalized spacial score (nSPS) is 15.6. The van der Waals surface area contributed by atoms with Gasteiger partial charge < -0.3 is 20.3 Å². The molecular formula is C21H31IN4OS. The number of morpholine rings is 1. The number of nitrogens with one attached hydrogen (secondary N) is 2. The van der Waals surface area contributed by atoms with Crippen LogP contribution in [-0.2, 0) is 11.3 Å². The molecule has 1 aromatic heterocycles. The molecule has 0 aliphatic carbocycles. The largest absolute Gasteiger partial charge is 0.378 e. The molecule has 1 aliphatic rings. The van der Waals surface area contributed by atoms with Crippen LogP contribution in [0.4, 0.5) is 5.69 Å². The van der Waals surface area contributed by atoms with Crippen LogP contribution in [0.15, 0.2) is 46.1 Å². The third-order valence-corrected chi connectivity index (χ3v) is 5.47. The third-order valence-electron chi connectivity index (χ3n) is 4.76. The van der Waals surface area contributed by atoms with Gasteiger partial charge in [0.05, 0.1) is 19.8 Å². The van der Waals surface area contributed by atoms with Crippen LogP contribution in [0.1, 0.15) is 30.9 Å². The van der Waals surface area contributed by atoms with Gasteiger partial charge in [-0.2, -0.15) is 11.3 Å². The summed E-state index contributed by atoms with van der Waals surface area (Å²) >= 11 is 1.75. The summed E-state index contributed by atoms with van der Waals surface area (Å²) < 4.78 is 5.42. The van der Waals surface area contributed by atoms with Crippen molar-refractivity contribution in [2.24, 2.45) is 4.99 Å². The number of ether oxygens (including phenoxy) is 1. The van der Waals surface area contributed by atoms with Gasteiger partial charge in [0.1, 0.15) is 0 Å². The fourth-order valence-corrected chi connectivity index (χ4v) is 3.85. The van der Waals surface area contributed by atoms with Crippen LogP contribution in [-0.4, -0.2) is 45.4 Å². The Labute approximate surface area is 189 Å². The van der Waals surface area contributed by atoms with Gasteiger partial charge in [0.15, 0.2) is 5.96 Å². The summed E-state index contributed by atoms with van der Waals surface area (Å²) in [6.07, 6.45) is 0. The average Bonchev–Trinajstić information content (AvgIpc) is 3.26. The number of halogens is 1. The Morgan fingerprint density at radius 1 is 1.18 bits per heavy atom. The van der Waals surface area contributed by atoms with Crippen molar-refractivity contribution in [1.82, 2.24) is 10.6 Å². The van der Waals surface area contributed by atoms with E-state index in [4.69, 9.17) is 9.73 Å². The van der Waals surface area contributed by atoms with Gasteiger partial charge >= 0.3 is 0 Å². The van der Waals surface area contributed by atoms with Crippen molar-refractivity contribution >= 4 is 47.0 Å². The summed E-state index contributed by atoms with van der Waals surface area (Å²) in [7, 11) is 0. The number of thiophene rings is 1. The molecule has 7 heteroatoms. The Kier molecular flexibility index (Phi) is 10.1. The van der Waals surface area contributed by atoms with Crippen LogP contribution in [0.3, 0.4) is 0 Å². The van der Waals surface area contributed by atoms with E-state index in [0.29, 0.717) is 12.5 Å². The van der Waals surface area contributed by atoms with Gasteiger partial charge in [-0.05, 0) is 52.9 Å². The summed E-state index contributed by atoms with van der Waals surface area (Å²) in [6, 6.07) is 10.9. The van der Waals surface area contributed by atoms with E-state index >= 15 is 0 Å².